The van der Waals surface area contributed by atoms with E-state index in [0.29, 0.717) is 43.1 Å². The molecule has 1 saturated heterocycles. The minimum absolute atomic E-state index is 0.00360. The summed E-state index contributed by atoms with van der Waals surface area (Å²) in [5.41, 5.74) is 1.38. The lowest BCUT2D eigenvalue weighted by Crippen LogP contribution is -2.38. The van der Waals surface area contributed by atoms with E-state index in [2.05, 4.69) is 25.2 Å². The SMILES string of the molecule is Cc1cc(N2CCC(C(=O)Nc3ccccn3)CC2)nc(-c2cccc([N+](=O)[O-])c2)n1. The first kappa shape index (κ1) is 20.4. The van der Waals surface area contributed by atoms with Crippen molar-refractivity contribution in [3.8, 4) is 11.4 Å². The van der Waals surface area contributed by atoms with Crippen LogP contribution in [-0.2, 0) is 4.79 Å². The number of piperidine rings is 1. The van der Waals surface area contributed by atoms with Gasteiger partial charge in [-0.2, -0.15) is 0 Å². The number of amides is 1. The lowest BCUT2D eigenvalue weighted by Gasteiger charge is -2.32. The van der Waals surface area contributed by atoms with Gasteiger partial charge in [0.1, 0.15) is 11.6 Å². The average molecular weight is 418 g/mol. The highest BCUT2D eigenvalue weighted by Gasteiger charge is 2.26. The number of pyridine rings is 1. The molecular formula is C22H22N6O3. The third kappa shape index (κ3) is 4.82. The van der Waals surface area contributed by atoms with Gasteiger partial charge in [0, 0.05) is 54.7 Å². The van der Waals surface area contributed by atoms with Gasteiger partial charge in [0.05, 0.1) is 4.92 Å². The van der Waals surface area contributed by atoms with Crippen LogP contribution in [0.15, 0.2) is 54.7 Å². The number of nitro benzene ring substituents is 1. The Morgan fingerprint density at radius 1 is 1.13 bits per heavy atom. The molecule has 9 nitrogen and oxygen atoms in total. The number of non-ortho nitro benzene ring substituents is 1. The number of nitrogens with one attached hydrogen (secondary N) is 1. The van der Waals surface area contributed by atoms with Crippen LogP contribution >= 0.6 is 0 Å². The Morgan fingerprint density at radius 3 is 2.65 bits per heavy atom. The number of anilines is 2. The Kier molecular flexibility index (Phi) is 5.83. The number of rotatable bonds is 5. The third-order valence-corrected chi connectivity index (χ3v) is 5.26. The van der Waals surface area contributed by atoms with Gasteiger partial charge in [-0.3, -0.25) is 14.9 Å². The molecular weight excluding hydrogens is 396 g/mol. The van der Waals surface area contributed by atoms with Crippen LogP contribution in [0.5, 0.6) is 0 Å². The van der Waals surface area contributed by atoms with Crippen molar-refractivity contribution in [2.75, 3.05) is 23.3 Å². The zero-order valence-electron chi connectivity index (χ0n) is 17.1. The standard InChI is InChI=1S/C22H22N6O3/c1-15-13-20(26-21(24-15)17-5-4-6-18(14-17)28(30)31)27-11-8-16(9-12-27)22(29)25-19-7-2-3-10-23-19/h2-7,10,13-14,16H,8-9,11-12H2,1H3,(H,23,25,29). The number of nitrogens with zero attached hydrogens (tertiary/aromatic N) is 5. The number of benzene rings is 1. The summed E-state index contributed by atoms with van der Waals surface area (Å²) in [4.78, 5) is 38.6. The van der Waals surface area contributed by atoms with Crippen molar-refractivity contribution in [2.45, 2.75) is 19.8 Å². The molecule has 1 fully saturated rings. The molecule has 0 unspecified atom stereocenters. The van der Waals surface area contributed by atoms with E-state index in [4.69, 9.17) is 0 Å². The number of carbonyl (C=O) groups excluding carboxylic acids is 1. The van der Waals surface area contributed by atoms with Crippen molar-refractivity contribution >= 4 is 23.2 Å². The minimum Gasteiger partial charge on any atom is -0.356 e. The first-order valence-electron chi connectivity index (χ1n) is 10.1. The summed E-state index contributed by atoms with van der Waals surface area (Å²) in [6.45, 7) is 3.25. The monoisotopic (exact) mass is 418 g/mol. The van der Waals surface area contributed by atoms with Crippen molar-refractivity contribution in [1.29, 1.82) is 0 Å². The lowest BCUT2D eigenvalue weighted by molar-refractivity contribution is -0.384. The number of nitro groups is 1. The molecule has 3 aromatic rings. The summed E-state index contributed by atoms with van der Waals surface area (Å²) in [7, 11) is 0. The van der Waals surface area contributed by atoms with Gasteiger partial charge in [0.15, 0.2) is 5.82 Å². The molecule has 1 amide bonds. The van der Waals surface area contributed by atoms with Gasteiger partial charge >= 0.3 is 0 Å². The van der Waals surface area contributed by atoms with E-state index < -0.39 is 4.92 Å². The molecule has 3 heterocycles. The van der Waals surface area contributed by atoms with Gasteiger partial charge in [-0.15, -0.1) is 0 Å². The van der Waals surface area contributed by atoms with Crippen LogP contribution < -0.4 is 10.2 Å². The molecule has 0 atom stereocenters. The molecule has 158 valence electrons. The quantitative estimate of drug-likeness (QED) is 0.497. The van der Waals surface area contributed by atoms with Crippen LogP contribution in [-0.4, -0.2) is 38.9 Å². The Bertz CT molecular complexity index is 1100. The van der Waals surface area contributed by atoms with E-state index in [-0.39, 0.29) is 17.5 Å². The zero-order valence-corrected chi connectivity index (χ0v) is 17.1. The van der Waals surface area contributed by atoms with Gasteiger partial charge in [-0.25, -0.2) is 15.0 Å². The maximum atomic E-state index is 12.5. The fourth-order valence-corrected chi connectivity index (χ4v) is 3.64. The summed E-state index contributed by atoms with van der Waals surface area (Å²) in [6.07, 6.45) is 3.05. The van der Waals surface area contributed by atoms with E-state index >= 15 is 0 Å². The van der Waals surface area contributed by atoms with Crippen LogP contribution in [0.3, 0.4) is 0 Å². The van der Waals surface area contributed by atoms with Crippen molar-refractivity contribution in [2.24, 2.45) is 5.92 Å². The van der Waals surface area contributed by atoms with Gasteiger partial charge in [0.25, 0.3) is 5.69 Å². The Morgan fingerprint density at radius 2 is 1.94 bits per heavy atom. The number of carbonyl (C=O) groups is 1. The van der Waals surface area contributed by atoms with Gasteiger partial charge in [-0.1, -0.05) is 18.2 Å². The highest BCUT2D eigenvalue weighted by Crippen LogP contribution is 2.27. The minimum atomic E-state index is -0.430. The van der Waals surface area contributed by atoms with E-state index in [1.165, 1.54) is 12.1 Å². The molecule has 0 aliphatic carbocycles. The summed E-state index contributed by atoms with van der Waals surface area (Å²) in [6, 6.07) is 13.6. The highest BCUT2D eigenvalue weighted by atomic mass is 16.6. The predicted molar refractivity (Wildman–Crippen MR) is 117 cm³/mol. The van der Waals surface area contributed by atoms with E-state index in [0.717, 1.165) is 11.5 Å². The molecule has 31 heavy (non-hydrogen) atoms. The molecule has 0 radical (unpaired) electrons. The van der Waals surface area contributed by atoms with E-state index in [9.17, 15) is 14.9 Å². The van der Waals surface area contributed by atoms with Crippen molar-refractivity contribution in [3.05, 3.63) is 70.5 Å². The van der Waals surface area contributed by atoms with Gasteiger partial charge in [-0.05, 0) is 31.9 Å². The van der Waals surface area contributed by atoms with E-state index in [1.807, 2.05) is 19.1 Å². The smallest absolute Gasteiger partial charge is 0.270 e. The Hall–Kier alpha value is -3.88. The molecule has 1 N–H and O–H groups in total. The number of aromatic nitrogens is 3. The normalized spacial score (nSPS) is 14.3. The third-order valence-electron chi connectivity index (χ3n) is 5.26. The number of hydrogen-bond donors (Lipinski definition) is 1. The van der Waals surface area contributed by atoms with Crippen molar-refractivity contribution in [3.63, 3.8) is 0 Å². The topological polar surface area (TPSA) is 114 Å². The second-order valence-corrected chi connectivity index (χ2v) is 7.46. The van der Waals surface area contributed by atoms with Crippen LogP contribution in [0.2, 0.25) is 0 Å². The van der Waals surface area contributed by atoms with Crippen molar-refractivity contribution < 1.29 is 9.72 Å². The second kappa shape index (κ2) is 8.86. The van der Waals surface area contributed by atoms with Crippen molar-refractivity contribution in [1.82, 2.24) is 15.0 Å². The molecule has 2 aromatic heterocycles. The van der Waals surface area contributed by atoms with Crippen LogP contribution in [0.4, 0.5) is 17.3 Å². The van der Waals surface area contributed by atoms with Crippen LogP contribution in [0, 0.1) is 23.0 Å². The Labute approximate surface area is 179 Å². The van der Waals surface area contributed by atoms with Crippen LogP contribution in [0.25, 0.3) is 11.4 Å². The fourth-order valence-electron chi connectivity index (χ4n) is 3.64. The second-order valence-electron chi connectivity index (χ2n) is 7.46. The van der Waals surface area contributed by atoms with Gasteiger partial charge < -0.3 is 10.2 Å². The fraction of sp³-hybridized carbons (Fsp3) is 0.273. The highest BCUT2D eigenvalue weighted by molar-refractivity contribution is 5.91. The molecule has 1 aliphatic heterocycles. The maximum absolute atomic E-state index is 12.5. The number of hydrogen-bond acceptors (Lipinski definition) is 7. The Balaban J connectivity index is 1.46. The molecule has 4 rings (SSSR count). The molecule has 0 saturated carbocycles. The lowest BCUT2D eigenvalue weighted by atomic mass is 9.96. The maximum Gasteiger partial charge on any atom is 0.270 e. The molecule has 1 aromatic carbocycles. The largest absolute Gasteiger partial charge is 0.356 e. The molecule has 0 spiro atoms. The zero-order chi connectivity index (χ0) is 21.8. The summed E-state index contributed by atoms with van der Waals surface area (Å²) in [5, 5.41) is 14.0. The molecule has 0 bridgehead atoms. The summed E-state index contributed by atoms with van der Waals surface area (Å²) < 4.78 is 0. The summed E-state index contributed by atoms with van der Waals surface area (Å²) >= 11 is 0. The van der Waals surface area contributed by atoms with Crippen LogP contribution in [0.1, 0.15) is 18.5 Å². The average Bonchev–Trinajstić information content (AvgIpc) is 2.79. The molecule has 9 heteroatoms. The number of aryl methyl sites for hydroxylation is 1. The van der Waals surface area contributed by atoms with Gasteiger partial charge in [0.2, 0.25) is 5.91 Å². The predicted octanol–water partition coefficient (Wildman–Crippen LogP) is 3.61. The summed E-state index contributed by atoms with van der Waals surface area (Å²) in [5.74, 6) is 1.67. The molecule has 1 aliphatic rings. The first-order chi connectivity index (χ1) is 15.0. The first-order valence-corrected chi connectivity index (χ1v) is 10.1. The van der Waals surface area contributed by atoms with E-state index in [1.54, 1.807) is 30.5 Å².